The lowest BCUT2D eigenvalue weighted by Crippen LogP contribution is -2.39. The topological polar surface area (TPSA) is 55.8 Å². The van der Waals surface area contributed by atoms with Gasteiger partial charge in [0.1, 0.15) is 11.5 Å². The summed E-state index contributed by atoms with van der Waals surface area (Å²) < 4.78 is 10.7. The van der Waals surface area contributed by atoms with Crippen molar-refractivity contribution in [3.8, 4) is 11.5 Å². The van der Waals surface area contributed by atoms with E-state index in [4.69, 9.17) is 9.47 Å². The van der Waals surface area contributed by atoms with Gasteiger partial charge in [0.2, 0.25) is 0 Å². The standard InChI is InChI=1S/C21H26O4S2/c1-6-24-19(23)20(2,3)25-16-9-13-18(14-10-16)27-21(4,5)26-17-11-7-15(22)8-12-17/h7-14,22H,6H2,1-5H3. The number of benzene rings is 2. The van der Waals surface area contributed by atoms with E-state index in [2.05, 4.69) is 13.8 Å². The molecule has 0 atom stereocenters. The van der Waals surface area contributed by atoms with Crippen LogP contribution in [0.15, 0.2) is 58.3 Å². The highest BCUT2D eigenvalue weighted by Crippen LogP contribution is 2.45. The van der Waals surface area contributed by atoms with E-state index in [0.29, 0.717) is 12.4 Å². The second kappa shape index (κ2) is 8.93. The fourth-order valence-corrected chi connectivity index (χ4v) is 4.74. The minimum Gasteiger partial charge on any atom is -0.508 e. The predicted octanol–water partition coefficient (Wildman–Crippen LogP) is 5.73. The number of carbonyl (C=O) groups excluding carboxylic acids is 1. The number of hydrogen-bond donors (Lipinski definition) is 1. The SMILES string of the molecule is CCOC(=O)C(C)(C)Oc1ccc(SC(C)(C)Sc2ccc(O)cc2)cc1. The molecule has 0 saturated heterocycles. The molecule has 6 heteroatoms. The Labute approximate surface area is 169 Å². The van der Waals surface area contributed by atoms with Gasteiger partial charge < -0.3 is 14.6 Å². The summed E-state index contributed by atoms with van der Waals surface area (Å²) in [4.78, 5) is 14.2. The molecule has 0 aliphatic heterocycles. The Hall–Kier alpha value is -1.79. The molecule has 0 unspecified atom stereocenters. The lowest BCUT2D eigenvalue weighted by Gasteiger charge is -2.25. The van der Waals surface area contributed by atoms with Crippen molar-refractivity contribution >= 4 is 29.5 Å². The maximum Gasteiger partial charge on any atom is 0.349 e. The summed E-state index contributed by atoms with van der Waals surface area (Å²) in [7, 11) is 0. The van der Waals surface area contributed by atoms with Crippen LogP contribution >= 0.6 is 23.5 Å². The minimum atomic E-state index is -1.03. The van der Waals surface area contributed by atoms with Gasteiger partial charge in [0, 0.05) is 9.79 Å². The highest BCUT2D eigenvalue weighted by Gasteiger charge is 2.31. The number of phenols is 1. The van der Waals surface area contributed by atoms with Crippen molar-refractivity contribution in [3.63, 3.8) is 0 Å². The van der Waals surface area contributed by atoms with Crippen molar-refractivity contribution < 1.29 is 19.4 Å². The Balaban J connectivity index is 1.99. The van der Waals surface area contributed by atoms with Gasteiger partial charge in [-0.1, -0.05) is 0 Å². The Kier molecular flexibility index (Phi) is 7.12. The average molecular weight is 407 g/mol. The van der Waals surface area contributed by atoms with Crippen molar-refractivity contribution in [2.24, 2.45) is 0 Å². The van der Waals surface area contributed by atoms with E-state index in [1.807, 2.05) is 36.4 Å². The van der Waals surface area contributed by atoms with Gasteiger partial charge in [0.05, 0.1) is 10.7 Å². The molecule has 0 bridgehead atoms. The van der Waals surface area contributed by atoms with Crippen molar-refractivity contribution in [2.45, 2.75) is 54.1 Å². The average Bonchev–Trinajstić information content (AvgIpc) is 2.58. The Morgan fingerprint density at radius 3 is 1.89 bits per heavy atom. The monoisotopic (exact) mass is 406 g/mol. The number of ether oxygens (including phenoxy) is 2. The Bertz CT molecular complexity index is 753. The first-order valence-electron chi connectivity index (χ1n) is 8.75. The third-order valence-electron chi connectivity index (χ3n) is 3.53. The van der Waals surface area contributed by atoms with Crippen molar-refractivity contribution in [2.75, 3.05) is 6.61 Å². The quantitative estimate of drug-likeness (QED) is 0.343. The van der Waals surface area contributed by atoms with Gasteiger partial charge in [0.25, 0.3) is 0 Å². The van der Waals surface area contributed by atoms with Crippen LogP contribution in [0.4, 0.5) is 0 Å². The first kappa shape index (κ1) is 21.5. The zero-order valence-electron chi connectivity index (χ0n) is 16.3. The zero-order valence-corrected chi connectivity index (χ0v) is 17.9. The molecule has 0 heterocycles. The summed E-state index contributed by atoms with van der Waals surface area (Å²) >= 11 is 3.47. The third-order valence-corrected chi connectivity index (χ3v) is 6.03. The molecule has 0 fully saturated rings. The van der Waals surface area contributed by atoms with Crippen molar-refractivity contribution in [3.05, 3.63) is 48.5 Å². The summed E-state index contributed by atoms with van der Waals surface area (Å²) in [6, 6.07) is 14.9. The number of phenolic OH excluding ortho intramolecular Hbond substituents is 1. The largest absolute Gasteiger partial charge is 0.508 e. The van der Waals surface area contributed by atoms with Gasteiger partial charge in [-0.05, 0) is 83.1 Å². The summed E-state index contributed by atoms with van der Waals surface area (Å²) in [5.74, 6) is 0.516. The van der Waals surface area contributed by atoms with E-state index in [9.17, 15) is 9.90 Å². The molecule has 27 heavy (non-hydrogen) atoms. The minimum absolute atomic E-state index is 0.0937. The molecular formula is C21H26O4S2. The third kappa shape index (κ3) is 6.70. The summed E-state index contributed by atoms with van der Waals surface area (Å²) in [5, 5.41) is 9.41. The fourth-order valence-electron chi connectivity index (χ4n) is 2.32. The van der Waals surface area contributed by atoms with Gasteiger partial charge in [-0.2, -0.15) is 0 Å². The van der Waals surface area contributed by atoms with E-state index >= 15 is 0 Å². The molecule has 2 aromatic rings. The number of thioether (sulfide) groups is 2. The zero-order chi connectivity index (χ0) is 20.1. The molecule has 0 saturated carbocycles. The number of aromatic hydroxyl groups is 1. The van der Waals surface area contributed by atoms with Gasteiger partial charge in [-0.15, -0.1) is 23.5 Å². The summed E-state index contributed by atoms with van der Waals surface area (Å²) in [6.45, 7) is 9.82. The van der Waals surface area contributed by atoms with Crippen LogP contribution in [-0.2, 0) is 9.53 Å². The molecule has 0 aliphatic rings. The van der Waals surface area contributed by atoms with Gasteiger partial charge in [-0.3, -0.25) is 0 Å². The molecule has 2 aromatic carbocycles. The first-order chi connectivity index (χ1) is 12.6. The normalized spacial score (nSPS) is 11.9. The van der Waals surface area contributed by atoms with Gasteiger partial charge in [0.15, 0.2) is 5.60 Å². The molecule has 146 valence electrons. The van der Waals surface area contributed by atoms with E-state index in [1.54, 1.807) is 56.4 Å². The van der Waals surface area contributed by atoms with E-state index in [-0.39, 0.29) is 15.8 Å². The maximum absolute atomic E-state index is 11.9. The molecule has 1 N–H and O–H groups in total. The van der Waals surface area contributed by atoms with E-state index < -0.39 is 5.60 Å². The maximum atomic E-state index is 11.9. The predicted molar refractivity (Wildman–Crippen MR) is 112 cm³/mol. The fraction of sp³-hybridized carbons (Fsp3) is 0.381. The summed E-state index contributed by atoms with van der Waals surface area (Å²) in [6.07, 6.45) is 0. The van der Waals surface area contributed by atoms with Crippen LogP contribution < -0.4 is 4.74 Å². The molecule has 2 rings (SSSR count). The van der Waals surface area contributed by atoms with Crippen LogP contribution in [0.25, 0.3) is 0 Å². The van der Waals surface area contributed by atoms with E-state index in [1.165, 1.54) is 0 Å². The lowest BCUT2D eigenvalue weighted by molar-refractivity contribution is -0.158. The van der Waals surface area contributed by atoms with Crippen LogP contribution in [0.2, 0.25) is 0 Å². The van der Waals surface area contributed by atoms with Crippen LogP contribution in [-0.4, -0.2) is 27.4 Å². The summed E-state index contributed by atoms with van der Waals surface area (Å²) in [5.41, 5.74) is -1.03. The van der Waals surface area contributed by atoms with Crippen LogP contribution in [0, 0.1) is 0 Å². The van der Waals surface area contributed by atoms with Crippen LogP contribution in [0.3, 0.4) is 0 Å². The van der Waals surface area contributed by atoms with Crippen molar-refractivity contribution in [1.82, 2.24) is 0 Å². The molecule has 0 aliphatic carbocycles. The number of rotatable bonds is 8. The smallest absolute Gasteiger partial charge is 0.349 e. The van der Waals surface area contributed by atoms with Gasteiger partial charge in [-0.25, -0.2) is 4.79 Å². The highest BCUT2D eigenvalue weighted by atomic mass is 32.2. The highest BCUT2D eigenvalue weighted by molar-refractivity contribution is 8.18. The van der Waals surface area contributed by atoms with Gasteiger partial charge >= 0.3 is 5.97 Å². The Morgan fingerprint density at radius 2 is 1.41 bits per heavy atom. The van der Waals surface area contributed by atoms with Crippen LogP contribution in [0.1, 0.15) is 34.6 Å². The number of carbonyl (C=O) groups is 1. The number of esters is 1. The second-order valence-electron chi connectivity index (χ2n) is 6.90. The molecule has 0 spiro atoms. The molecule has 4 nitrogen and oxygen atoms in total. The molecule has 0 radical (unpaired) electrons. The lowest BCUT2D eigenvalue weighted by atomic mass is 10.1. The molecular weight excluding hydrogens is 380 g/mol. The van der Waals surface area contributed by atoms with Crippen LogP contribution in [0.5, 0.6) is 11.5 Å². The molecule has 0 amide bonds. The first-order valence-corrected chi connectivity index (χ1v) is 10.4. The Morgan fingerprint density at radius 1 is 0.926 bits per heavy atom. The second-order valence-corrected chi connectivity index (χ2v) is 10.6. The van der Waals surface area contributed by atoms with Crippen molar-refractivity contribution in [1.29, 1.82) is 0 Å². The number of hydrogen-bond acceptors (Lipinski definition) is 6. The molecule has 0 aromatic heterocycles. The van der Waals surface area contributed by atoms with E-state index in [0.717, 1.165) is 9.79 Å².